The van der Waals surface area contributed by atoms with Gasteiger partial charge in [-0.05, 0) is 49.9 Å². The third-order valence-electron chi connectivity index (χ3n) is 4.38. The first-order valence-corrected chi connectivity index (χ1v) is 8.00. The van der Waals surface area contributed by atoms with Gasteiger partial charge in [-0.2, -0.15) is 0 Å². The van der Waals surface area contributed by atoms with Crippen LogP contribution < -0.4 is 10.1 Å². The van der Waals surface area contributed by atoms with Crippen LogP contribution in [0.15, 0.2) is 30.4 Å². The van der Waals surface area contributed by atoms with Crippen LogP contribution in [0.3, 0.4) is 0 Å². The van der Waals surface area contributed by atoms with E-state index in [2.05, 4.69) is 24.4 Å². The zero-order chi connectivity index (χ0) is 13.9. The van der Waals surface area contributed by atoms with E-state index < -0.39 is 0 Å². The number of halogens is 1. The molecule has 3 heteroatoms. The monoisotopic (exact) mass is 291 g/mol. The molecule has 20 heavy (non-hydrogen) atoms. The molecule has 3 rings (SSSR count). The summed E-state index contributed by atoms with van der Waals surface area (Å²) in [7, 11) is 0. The van der Waals surface area contributed by atoms with Crippen LogP contribution in [0.5, 0.6) is 5.75 Å². The van der Waals surface area contributed by atoms with Gasteiger partial charge >= 0.3 is 0 Å². The van der Waals surface area contributed by atoms with Gasteiger partial charge in [0, 0.05) is 23.0 Å². The molecule has 3 atom stereocenters. The normalized spacial score (nSPS) is 28.8. The molecule has 1 aromatic carbocycles. The smallest absolute Gasteiger partial charge is 0.124 e. The molecule has 0 radical (unpaired) electrons. The zero-order valence-corrected chi connectivity index (χ0v) is 12.7. The van der Waals surface area contributed by atoms with E-state index in [1.807, 2.05) is 18.2 Å². The summed E-state index contributed by atoms with van der Waals surface area (Å²) in [5.41, 5.74) is 1.21. The highest BCUT2D eigenvalue weighted by atomic mass is 35.5. The highest BCUT2D eigenvalue weighted by Gasteiger charge is 2.33. The molecule has 108 valence electrons. The average molecular weight is 292 g/mol. The fraction of sp³-hybridized carbons (Fsp3) is 0.529. The van der Waals surface area contributed by atoms with E-state index in [0.29, 0.717) is 18.1 Å². The number of hydrogen-bond donors (Lipinski definition) is 1. The fourth-order valence-corrected chi connectivity index (χ4v) is 3.53. The summed E-state index contributed by atoms with van der Waals surface area (Å²) in [6, 6.07) is 6.35. The molecule has 0 fully saturated rings. The quantitative estimate of drug-likeness (QED) is 0.828. The van der Waals surface area contributed by atoms with Gasteiger partial charge in [-0.3, -0.25) is 0 Å². The average Bonchev–Trinajstić information content (AvgIpc) is 2.49. The lowest BCUT2D eigenvalue weighted by molar-refractivity contribution is 0.0877. The van der Waals surface area contributed by atoms with E-state index in [9.17, 15) is 0 Å². The maximum absolute atomic E-state index is 6.27. The summed E-state index contributed by atoms with van der Waals surface area (Å²) < 4.78 is 6.27. The van der Waals surface area contributed by atoms with E-state index in [0.717, 1.165) is 30.2 Å². The van der Waals surface area contributed by atoms with E-state index in [4.69, 9.17) is 16.3 Å². The van der Waals surface area contributed by atoms with Gasteiger partial charge in [0.2, 0.25) is 0 Å². The standard InChI is InChI=1S/C17H22ClNO/c1-2-19-15-11-17(12-6-4-3-5-7-12)20-16-9-8-13(18)10-14(15)16/h3-4,8-10,12,15,17,19H,2,5-7,11H2,1H3. The fourth-order valence-electron chi connectivity index (χ4n) is 3.35. The number of nitrogens with one attached hydrogen (secondary N) is 1. The van der Waals surface area contributed by atoms with Crippen molar-refractivity contribution in [1.29, 1.82) is 0 Å². The van der Waals surface area contributed by atoms with Crippen molar-refractivity contribution in [3.63, 3.8) is 0 Å². The van der Waals surface area contributed by atoms with Gasteiger partial charge < -0.3 is 10.1 Å². The van der Waals surface area contributed by atoms with Crippen LogP contribution in [0.1, 0.15) is 44.2 Å². The minimum atomic E-state index is 0.317. The second-order valence-electron chi connectivity index (χ2n) is 5.73. The zero-order valence-electron chi connectivity index (χ0n) is 11.9. The van der Waals surface area contributed by atoms with Crippen LogP contribution in [-0.2, 0) is 0 Å². The predicted octanol–water partition coefficient (Wildman–Crippen LogP) is 4.50. The third-order valence-corrected chi connectivity index (χ3v) is 4.61. The molecule has 1 N–H and O–H groups in total. The van der Waals surface area contributed by atoms with Crippen molar-refractivity contribution in [2.45, 2.75) is 44.8 Å². The predicted molar refractivity (Wildman–Crippen MR) is 83.4 cm³/mol. The Hall–Kier alpha value is -0.990. The Morgan fingerprint density at radius 1 is 1.35 bits per heavy atom. The summed E-state index contributed by atoms with van der Waals surface area (Å²) in [6.07, 6.45) is 9.52. The highest BCUT2D eigenvalue weighted by Crippen LogP contribution is 2.40. The molecule has 3 unspecified atom stereocenters. The van der Waals surface area contributed by atoms with Gasteiger partial charge in [-0.25, -0.2) is 0 Å². The topological polar surface area (TPSA) is 21.3 Å². The molecular formula is C17H22ClNO. The van der Waals surface area contributed by atoms with Crippen LogP contribution in [-0.4, -0.2) is 12.6 Å². The lowest BCUT2D eigenvalue weighted by Gasteiger charge is -2.37. The van der Waals surface area contributed by atoms with Crippen LogP contribution >= 0.6 is 11.6 Å². The Bertz CT molecular complexity index is 500. The first-order valence-electron chi connectivity index (χ1n) is 7.62. The summed E-state index contributed by atoms with van der Waals surface area (Å²) >= 11 is 6.13. The minimum Gasteiger partial charge on any atom is -0.490 e. The van der Waals surface area contributed by atoms with Gasteiger partial charge in [0.1, 0.15) is 11.9 Å². The van der Waals surface area contributed by atoms with Crippen molar-refractivity contribution in [2.24, 2.45) is 5.92 Å². The Balaban J connectivity index is 1.84. The first kappa shape index (κ1) is 14.0. The number of rotatable bonds is 3. The third kappa shape index (κ3) is 2.87. The van der Waals surface area contributed by atoms with E-state index in [1.54, 1.807) is 0 Å². The summed E-state index contributed by atoms with van der Waals surface area (Å²) in [5, 5.41) is 4.37. The lowest BCUT2D eigenvalue weighted by atomic mass is 9.83. The molecule has 0 saturated carbocycles. The summed E-state index contributed by atoms with van der Waals surface area (Å²) in [5.74, 6) is 1.65. The van der Waals surface area contributed by atoms with Gasteiger partial charge in [-0.15, -0.1) is 0 Å². The summed E-state index contributed by atoms with van der Waals surface area (Å²) in [6.45, 7) is 3.12. The Morgan fingerprint density at radius 2 is 2.25 bits per heavy atom. The second kappa shape index (κ2) is 6.19. The SMILES string of the molecule is CCNC1CC(C2CC=CCC2)Oc2ccc(Cl)cc21. The molecule has 2 aliphatic rings. The number of ether oxygens (including phenoxy) is 1. The minimum absolute atomic E-state index is 0.317. The number of benzene rings is 1. The summed E-state index contributed by atoms with van der Waals surface area (Å²) in [4.78, 5) is 0. The van der Waals surface area contributed by atoms with Gasteiger partial charge in [0.25, 0.3) is 0 Å². The maximum atomic E-state index is 6.27. The molecule has 0 amide bonds. The number of hydrogen-bond acceptors (Lipinski definition) is 2. The first-order chi connectivity index (χ1) is 9.78. The van der Waals surface area contributed by atoms with Crippen LogP contribution in [0.25, 0.3) is 0 Å². The van der Waals surface area contributed by atoms with Crippen molar-refractivity contribution in [3.05, 3.63) is 40.9 Å². The Morgan fingerprint density at radius 3 is 3.00 bits per heavy atom. The molecule has 2 nitrogen and oxygen atoms in total. The largest absolute Gasteiger partial charge is 0.490 e. The lowest BCUT2D eigenvalue weighted by Crippen LogP contribution is -2.37. The number of allylic oxidation sites excluding steroid dienone is 2. The van der Waals surface area contributed by atoms with Crippen LogP contribution in [0, 0.1) is 5.92 Å². The highest BCUT2D eigenvalue weighted by molar-refractivity contribution is 6.30. The maximum Gasteiger partial charge on any atom is 0.124 e. The van der Waals surface area contributed by atoms with Crippen molar-refractivity contribution in [1.82, 2.24) is 5.32 Å². The molecular weight excluding hydrogens is 270 g/mol. The van der Waals surface area contributed by atoms with Crippen molar-refractivity contribution < 1.29 is 4.74 Å². The van der Waals surface area contributed by atoms with Crippen LogP contribution in [0.4, 0.5) is 0 Å². The van der Waals surface area contributed by atoms with Crippen molar-refractivity contribution in [2.75, 3.05) is 6.54 Å². The molecule has 0 spiro atoms. The molecule has 1 aliphatic heterocycles. The van der Waals surface area contributed by atoms with E-state index >= 15 is 0 Å². The Kier molecular flexibility index (Phi) is 4.32. The molecule has 0 aromatic heterocycles. The van der Waals surface area contributed by atoms with Gasteiger partial charge in [0.15, 0.2) is 0 Å². The van der Waals surface area contributed by atoms with E-state index in [1.165, 1.54) is 18.4 Å². The van der Waals surface area contributed by atoms with Crippen molar-refractivity contribution in [3.8, 4) is 5.75 Å². The molecule has 1 aromatic rings. The molecule has 0 saturated heterocycles. The van der Waals surface area contributed by atoms with Crippen LogP contribution in [0.2, 0.25) is 5.02 Å². The van der Waals surface area contributed by atoms with Crippen molar-refractivity contribution >= 4 is 11.6 Å². The van der Waals surface area contributed by atoms with E-state index in [-0.39, 0.29) is 0 Å². The molecule has 0 bridgehead atoms. The number of fused-ring (bicyclic) bond motifs is 1. The second-order valence-corrected chi connectivity index (χ2v) is 6.17. The Labute approximate surface area is 126 Å². The van der Waals surface area contributed by atoms with Gasteiger partial charge in [-0.1, -0.05) is 30.7 Å². The molecule has 1 aliphatic carbocycles. The molecule has 1 heterocycles. The van der Waals surface area contributed by atoms with Gasteiger partial charge in [0.05, 0.1) is 0 Å².